The lowest BCUT2D eigenvalue weighted by molar-refractivity contribution is 0.0273. The highest BCUT2D eigenvalue weighted by Crippen LogP contribution is 2.34. The zero-order valence-corrected chi connectivity index (χ0v) is 16.7. The lowest BCUT2D eigenvalue weighted by Gasteiger charge is -2.24. The number of aromatic nitrogens is 1. The first-order chi connectivity index (χ1) is 13.5. The van der Waals surface area contributed by atoms with E-state index in [9.17, 15) is 4.39 Å². The normalized spacial score (nSPS) is 17.2. The minimum absolute atomic E-state index is 0.0316. The van der Waals surface area contributed by atoms with Gasteiger partial charge in [0.25, 0.3) is 0 Å². The Morgan fingerprint density at radius 3 is 2.39 bits per heavy atom. The average Bonchev–Trinajstić information content (AvgIpc) is 3.06. The molecule has 2 aromatic carbocycles. The van der Waals surface area contributed by atoms with E-state index in [0.29, 0.717) is 12.5 Å². The van der Waals surface area contributed by atoms with Crippen LogP contribution in [0.25, 0.3) is 16.9 Å². The van der Waals surface area contributed by atoms with Crippen LogP contribution < -0.4 is 5.32 Å². The van der Waals surface area contributed by atoms with Crippen molar-refractivity contribution in [2.75, 3.05) is 19.7 Å². The van der Waals surface area contributed by atoms with E-state index in [1.54, 1.807) is 0 Å². The topological polar surface area (TPSA) is 26.2 Å². The van der Waals surface area contributed by atoms with Crippen molar-refractivity contribution >= 4 is 0 Å². The summed E-state index contributed by atoms with van der Waals surface area (Å²) in [6.45, 7) is 8.92. The van der Waals surface area contributed by atoms with Gasteiger partial charge in [-0.15, -0.1) is 0 Å². The van der Waals surface area contributed by atoms with Crippen molar-refractivity contribution in [3.05, 3.63) is 77.2 Å². The predicted octanol–water partition coefficient (Wildman–Crippen LogP) is 5.38. The maximum absolute atomic E-state index is 13.5. The summed E-state index contributed by atoms with van der Waals surface area (Å²) in [7, 11) is 0. The fourth-order valence-corrected chi connectivity index (χ4v) is 3.89. The standard InChI is InChI=1S/C24H27FN2O/c1-16(2)18-4-6-19(7-5-18)23-14-22(24-15-26-12-13-28-24)17(3)27(23)21-10-8-20(25)9-11-21/h4-11,14,16,24,26H,12-13,15H2,1-3H3. The molecule has 1 unspecified atom stereocenters. The molecular formula is C24H27FN2O. The van der Waals surface area contributed by atoms with E-state index < -0.39 is 0 Å². The van der Waals surface area contributed by atoms with Crippen LogP contribution >= 0.6 is 0 Å². The summed E-state index contributed by atoms with van der Waals surface area (Å²) in [5.74, 6) is 0.272. The van der Waals surface area contributed by atoms with Crippen molar-refractivity contribution in [3.63, 3.8) is 0 Å². The number of benzene rings is 2. The minimum Gasteiger partial charge on any atom is -0.371 e. The van der Waals surface area contributed by atoms with Gasteiger partial charge in [-0.2, -0.15) is 0 Å². The van der Waals surface area contributed by atoms with Crippen LogP contribution in [-0.2, 0) is 4.74 Å². The number of morpholine rings is 1. The molecule has 1 aromatic heterocycles. The molecule has 4 heteroatoms. The van der Waals surface area contributed by atoms with Crippen LogP contribution in [-0.4, -0.2) is 24.3 Å². The Morgan fingerprint density at radius 2 is 1.79 bits per heavy atom. The SMILES string of the molecule is Cc1c(C2CNCCO2)cc(-c2ccc(C(C)C)cc2)n1-c1ccc(F)cc1. The summed E-state index contributed by atoms with van der Waals surface area (Å²) < 4.78 is 21.7. The van der Waals surface area contributed by atoms with Gasteiger partial charge in [-0.1, -0.05) is 38.1 Å². The van der Waals surface area contributed by atoms with E-state index in [1.807, 2.05) is 12.1 Å². The summed E-state index contributed by atoms with van der Waals surface area (Å²) >= 11 is 0. The van der Waals surface area contributed by atoms with E-state index >= 15 is 0 Å². The molecule has 2 heterocycles. The molecule has 28 heavy (non-hydrogen) atoms. The summed E-state index contributed by atoms with van der Waals surface area (Å²) in [4.78, 5) is 0. The van der Waals surface area contributed by atoms with Crippen LogP contribution in [0.15, 0.2) is 54.6 Å². The van der Waals surface area contributed by atoms with E-state index in [0.717, 1.165) is 35.7 Å². The maximum atomic E-state index is 13.5. The molecule has 4 rings (SSSR count). The number of nitrogens with zero attached hydrogens (tertiary/aromatic N) is 1. The second kappa shape index (κ2) is 7.90. The summed E-state index contributed by atoms with van der Waals surface area (Å²) in [5.41, 5.74) is 6.83. The van der Waals surface area contributed by atoms with Gasteiger partial charge in [-0.25, -0.2) is 4.39 Å². The average molecular weight is 378 g/mol. The van der Waals surface area contributed by atoms with Crippen molar-refractivity contribution in [2.24, 2.45) is 0 Å². The molecule has 3 aromatic rings. The Hall–Kier alpha value is -2.43. The largest absolute Gasteiger partial charge is 0.371 e. The van der Waals surface area contributed by atoms with E-state index in [4.69, 9.17) is 4.74 Å². The van der Waals surface area contributed by atoms with Gasteiger partial charge in [-0.3, -0.25) is 0 Å². The van der Waals surface area contributed by atoms with E-state index in [2.05, 4.69) is 61.0 Å². The lowest BCUT2D eigenvalue weighted by Crippen LogP contribution is -2.33. The van der Waals surface area contributed by atoms with Crippen LogP contribution in [0.4, 0.5) is 4.39 Å². The molecule has 1 N–H and O–H groups in total. The Kier molecular flexibility index (Phi) is 5.33. The molecule has 0 bridgehead atoms. The smallest absolute Gasteiger partial charge is 0.123 e. The van der Waals surface area contributed by atoms with Crippen molar-refractivity contribution in [1.82, 2.24) is 9.88 Å². The number of ether oxygens (including phenoxy) is 1. The zero-order chi connectivity index (χ0) is 19.7. The van der Waals surface area contributed by atoms with Gasteiger partial charge in [0.05, 0.1) is 18.4 Å². The van der Waals surface area contributed by atoms with Crippen molar-refractivity contribution < 1.29 is 9.13 Å². The number of hydrogen-bond acceptors (Lipinski definition) is 2. The van der Waals surface area contributed by atoms with Gasteiger partial charge >= 0.3 is 0 Å². The van der Waals surface area contributed by atoms with Crippen molar-refractivity contribution in [1.29, 1.82) is 0 Å². The zero-order valence-electron chi connectivity index (χ0n) is 16.7. The Bertz CT molecular complexity index is 936. The second-order valence-corrected chi connectivity index (χ2v) is 7.72. The highest BCUT2D eigenvalue weighted by atomic mass is 19.1. The molecule has 1 saturated heterocycles. The monoisotopic (exact) mass is 378 g/mol. The van der Waals surface area contributed by atoms with Gasteiger partial charge in [-0.05, 0) is 54.3 Å². The fourth-order valence-electron chi connectivity index (χ4n) is 3.89. The summed E-state index contributed by atoms with van der Waals surface area (Å²) in [5, 5.41) is 3.41. The van der Waals surface area contributed by atoms with E-state index in [-0.39, 0.29) is 11.9 Å². The van der Waals surface area contributed by atoms with Gasteiger partial charge in [0.2, 0.25) is 0 Å². The van der Waals surface area contributed by atoms with Crippen molar-refractivity contribution in [2.45, 2.75) is 32.8 Å². The first-order valence-corrected chi connectivity index (χ1v) is 9.95. The molecule has 0 aliphatic carbocycles. The van der Waals surface area contributed by atoms with Crippen LogP contribution in [0.5, 0.6) is 0 Å². The summed E-state index contributed by atoms with van der Waals surface area (Å²) in [6, 6.07) is 17.6. The lowest BCUT2D eigenvalue weighted by atomic mass is 10.0. The Balaban J connectivity index is 1.84. The molecule has 146 valence electrons. The molecule has 0 amide bonds. The number of nitrogens with one attached hydrogen (secondary N) is 1. The number of rotatable bonds is 4. The van der Waals surface area contributed by atoms with Gasteiger partial charge in [0.1, 0.15) is 5.82 Å². The first-order valence-electron chi connectivity index (χ1n) is 9.95. The molecule has 3 nitrogen and oxygen atoms in total. The molecule has 0 saturated carbocycles. The highest BCUT2D eigenvalue weighted by molar-refractivity contribution is 5.66. The quantitative estimate of drug-likeness (QED) is 0.660. The minimum atomic E-state index is -0.226. The van der Waals surface area contributed by atoms with Gasteiger partial charge in [0, 0.05) is 30.0 Å². The predicted molar refractivity (Wildman–Crippen MR) is 112 cm³/mol. The molecule has 1 atom stereocenters. The van der Waals surface area contributed by atoms with Crippen LogP contribution in [0.3, 0.4) is 0 Å². The van der Waals surface area contributed by atoms with Gasteiger partial charge < -0.3 is 14.6 Å². The Labute approximate surface area is 166 Å². The third-order valence-electron chi connectivity index (χ3n) is 5.52. The number of hydrogen-bond donors (Lipinski definition) is 1. The van der Waals surface area contributed by atoms with E-state index in [1.165, 1.54) is 23.3 Å². The maximum Gasteiger partial charge on any atom is 0.123 e. The van der Waals surface area contributed by atoms with Crippen LogP contribution in [0.1, 0.15) is 42.7 Å². The molecular weight excluding hydrogens is 351 g/mol. The van der Waals surface area contributed by atoms with Gasteiger partial charge in [0.15, 0.2) is 0 Å². The van der Waals surface area contributed by atoms with Crippen LogP contribution in [0, 0.1) is 12.7 Å². The molecule has 1 fully saturated rings. The third kappa shape index (κ3) is 3.62. The fraction of sp³-hybridized carbons (Fsp3) is 0.333. The summed E-state index contributed by atoms with van der Waals surface area (Å²) in [6.07, 6.45) is 0.0316. The van der Waals surface area contributed by atoms with Crippen molar-refractivity contribution in [3.8, 4) is 16.9 Å². The highest BCUT2D eigenvalue weighted by Gasteiger charge is 2.23. The second-order valence-electron chi connectivity index (χ2n) is 7.72. The third-order valence-corrected chi connectivity index (χ3v) is 5.52. The molecule has 0 radical (unpaired) electrons. The molecule has 0 spiro atoms. The molecule has 1 aliphatic rings. The Morgan fingerprint density at radius 1 is 1.07 bits per heavy atom. The molecule has 1 aliphatic heterocycles. The number of halogens is 1. The first kappa shape index (κ1) is 18.9. The van der Waals surface area contributed by atoms with Crippen LogP contribution in [0.2, 0.25) is 0 Å².